The van der Waals surface area contributed by atoms with Gasteiger partial charge in [-0.3, -0.25) is 0 Å². The third-order valence-corrected chi connectivity index (χ3v) is 2.69. The molecule has 0 aliphatic carbocycles. The van der Waals surface area contributed by atoms with E-state index >= 15 is 0 Å². The van der Waals surface area contributed by atoms with Crippen molar-refractivity contribution in [2.75, 3.05) is 5.32 Å². The first-order valence-electron chi connectivity index (χ1n) is 6.12. The number of anilines is 1. The third-order valence-electron chi connectivity index (χ3n) is 2.69. The maximum atomic E-state index is 5.44. The lowest BCUT2D eigenvalue weighted by molar-refractivity contribution is 0.315. The second kappa shape index (κ2) is 5.05. The summed E-state index contributed by atoms with van der Waals surface area (Å²) in [6.07, 6.45) is 1.78. The van der Waals surface area contributed by atoms with Crippen molar-refractivity contribution in [1.29, 1.82) is 0 Å². The predicted octanol–water partition coefficient (Wildman–Crippen LogP) is 2.17. The number of aromatic nitrogens is 4. The van der Waals surface area contributed by atoms with E-state index in [1.54, 1.807) is 0 Å². The van der Waals surface area contributed by atoms with Crippen molar-refractivity contribution in [2.45, 2.75) is 26.3 Å². The van der Waals surface area contributed by atoms with Crippen molar-refractivity contribution in [3.8, 4) is 0 Å². The molecule has 0 unspecified atom stereocenters. The Morgan fingerprint density at radius 2 is 2.05 bits per heavy atom. The molecule has 0 amide bonds. The van der Waals surface area contributed by atoms with Crippen molar-refractivity contribution in [1.82, 2.24) is 20.5 Å². The van der Waals surface area contributed by atoms with Crippen molar-refractivity contribution in [2.24, 2.45) is 0 Å². The van der Waals surface area contributed by atoms with Gasteiger partial charge in [0.1, 0.15) is 11.0 Å². The lowest BCUT2D eigenvalue weighted by Gasteiger charge is -2.00. The summed E-state index contributed by atoms with van der Waals surface area (Å²) in [5.41, 5.74) is 2.52. The second-order valence-corrected chi connectivity index (χ2v) is 4.19. The van der Waals surface area contributed by atoms with Gasteiger partial charge < -0.3 is 9.73 Å². The molecule has 0 saturated heterocycles. The van der Waals surface area contributed by atoms with Gasteiger partial charge in [0.25, 0.3) is 0 Å². The first kappa shape index (κ1) is 11.6. The molecule has 0 saturated carbocycles. The van der Waals surface area contributed by atoms with Gasteiger partial charge in [-0.05, 0) is 34.4 Å². The van der Waals surface area contributed by atoms with E-state index in [1.165, 1.54) is 0 Å². The summed E-state index contributed by atoms with van der Waals surface area (Å²) < 4.78 is 10.1. The number of hydrogen-bond acceptors (Lipinski definition) is 7. The van der Waals surface area contributed by atoms with Gasteiger partial charge in [0.2, 0.25) is 5.89 Å². The molecule has 19 heavy (non-hydrogen) atoms. The minimum absolute atomic E-state index is 0.432. The minimum atomic E-state index is 0.432. The van der Waals surface area contributed by atoms with Crippen LogP contribution in [0.3, 0.4) is 0 Å². The highest BCUT2D eigenvalue weighted by Crippen LogP contribution is 2.13. The second-order valence-electron chi connectivity index (χ2n) is 4.19. The van der Waals surface area contributed by atoms with Crippen molar-refractivity contribution >= 4 is 17.0 Å². The molecule has 98 valence electrons. The fraction of sp³-hybridized carbons (Fsp3) is 0.333. The Kier molecular flexibility index (Phi) is 3.09. The third kappa shape index (κ3) is 2.54. The van der Waals surface area contributed by atoms with Crippen molar-refractivity contribution < 1.29 is 9.05 Å². The molecular weight excluding hydrogens is 246 g/mol. The zero-order chi connectivity index (χ0) is 13.1. The van der Waals surface area contributed by atoms with E-state index in [4.69, 9.17) is 4.42 Å². The Bertz CT molecular complexity index is 675. The van der Waals surface area contributed by atoms with E-state index < -0.39 is 0 Å². The highest BCUT2D eigenvalue weighted by Gasteiger charge is 2.06. The zero-order valence-corrected chi connectivity index (χ0v) is 10.5. The highest BCUT2D eigenvalue weighted by molar-refractivity contribution is 5.73. The predicted molar refractivity (Wildman–Crippen MR) is 67.4 cm³/mol. The molecule has 2 heterocycles. The fourth-order valence-electron chi connectivity index (χ4n) is 1.76. The van der Waals surface area contributed by atoms with E-state index in [1.807, 2.05) is 18.2 Å². The largest absolute Gasteiger partial charge is 0.408 e. The van der Waals surface area contributed by atoms with E-state index in [9.17, 15) is 0 Å². The standard InChI is InChI=1S/C12H13N5O2/c1-2-3-11-14-15-12(18-11)13-7-8-4-5-9-10(6-8)17-19-16-9/h4-6H,2-3,7H2,1H3,(H,13,15). The van der Waals surface area contributed by atoms with Crippen molar-refractivity contribution in [3.63, 3.8) is 0 Å². The van der Waals surface area contributed by atoms with Gasteiger partial charge in [-0.2, -0.15) is 0 Å². The molecule has 3 rings (SSSR count). The molecule has 2 aromatic heterocycles. The Morgan fingerprint density at radius 3 is 2.95 bits per heavy atom. The van der Waals surface area contributed by atoms with Crippen LogP contribution < -0.4 is 5.32 Å². The molecule has 0 spiro atoms. The van der Waals surface area contributed by atoms with E-state index in [-0.39, 0.29) is 0 Å². The first-order valence-corrected chi connectivity index (χ1v) is 6.12. The average molecular weight is 259 g/mol. The maximum absolute atomic E-state index is 5.44. The number of nitrogens with zero attached hydrogens (tertiary/aromatic N) is 4. The van der Waals surface area contributed by atoms with E-state index in [0.717, 1.165) is 29.4 Å². The molecule has 0 fully saturated rings. The van der Waals surface area contributed by atoms with Gasteiger partial charge in [-0.15, -0.1) is 5.10 Å². The summed E-state index contributed by atoms with van der Waals surface area (Å²) in [5.74, 6) is 0.654. The summed E-state index contributed by atoms with van der Waals surface area (Å²) in [7, 11) is 0. The molecule has 1 N–H and O–H groups in total. The lowest BCUT2D eigenvalue weighted by Crippen LogP contribution is -1.99. The van der Waals surface area contributed by atoms with Crippen LogP contribution in [0.1, 0.15) is 24.8 Å². The molecule has 0 bridgehead atoms. The fourth-order valence-corrected chi connectivity index (χ4v) is 1.76. The van der Waals surface area contributed by atoms with Gasteiger partial charge in [0.05, 0.1) is 0 Å². The number of rotatable bonds is 5. The quantitative estimate of drug-likeness (QED) is 0.750. The van der Waals surface area contributed by atoms with Gasteiger partial charge in [0.15, 0.2) is 0 Å². The van der Waals surface area contributed by atoms with Crippen LogP contribution in [0.2, 0.25) is 0 Å². The normalized spacial score (nSPS) is 11.0. The number of nitrogens with one attached hydrogen (secondary N) is 1. The van der Waals surface area contributed by atoms with Crippen LogP contribution in [0.25, 0.3) is 11.0 Å². The van der Waals surface area contributed by atoms with Crippen LogP contribution in [-0.2, 0) is 13.0 Å². The molecule has 0 radical (unpaired) electrons. The Labute approximate surface area is 109 Å². The number of hydrogen-bond donors (Lipinski definition) is 1. The molecule has 0 aliphatic rings. The zero-order valence-electron chi connectivity index (χ0n) is 10.5. The molecule has 0 atom stereocenters. The molecule has 0 aliphatic heterocycles. The SMILES string of the molecule is CCCc1nnc(NCc2ccc3nonc3c2)o1. The molecule has 7 heteroatoms. The molecule has 1 aromatic carbocycles. The highest BCUT2D eigenvalue weighted by atomic mass is 16.6. The van der Waals surface area contributed by atoms with Crippen LogP contribution >= 0.6 is 0 Å². The number of benzene rings is 1. The van der Waals surface area contributed by atoms with Crippen LogP contribution in [0.5, 0.6) is 0 Å². The van der Waals surface area contributed by atoms with Crippen LogP contribution in [0, 0.1) is 0 Å². The van der Waals surface area contributed by atoms with Gasteiger partial charge in [-0.1, -0.05) is 18.1 Å². The topological polar surface area (TPSA) is 89.9 Å². The lowest BCUT2D eigenvalue weighted by atomic mass is 10.2. The number of aryl methyl sites for hydroxylation is 1. The molecular formula is C12H13N5O2. The van der Waals surface area contributed by atoms with Gasteiger partial charge in [-0.25, -0.2) is 4.63 Å². The first-order chi connectivity index (χ1) is 9.35. The summed E-state index contributed by atoms with van der Waals surface area (Å²) >= 11 is 0. The smallest absolute Gasteiger partial charge is 0.315 e. The summed E-state index contributed by atoms with van der Waals surface area (Å²) in [6, 6.07) is 6.14. The summed E-state index contributed by atoms with van der Waals surface area (Å²) in [5, 5.41) is 18.5. The van der Waals surface area contributed by atoms with Gasteiger partial charge in [0, 0.05) is 13.0 Å². The van der Waals surface area contributed by atoms with E-state index in [2.05, 4.69) is 37.4 Å². The van der Waals surface area contributed by atoms with E-state index in [0.29, 0.717) is 18.5 Å². The van der Waals surface area contributed by atoms with Crippen LogP contribution in [0.4, 0.5) is 6.01 Å². The maximum Gasteiger partial charge on any atom is 0.315 e. The van der Waals surface area contributed by atoms with Crippen molar-refractivity contribution in [3.05, 3.63) is 29.7 Å². The average Bonchev–Trinajstić information content (AvgIpc) is 3.04. The monoisotopic (exact) mass is 259 g/mol. The molecule has 7 nitrogen and oxygen atoms in total. The summed E-state index contributed by atoms with van der Waals surface area (Å²) in [4.78, 5) is 0. The Morgan fingerprint density at radius 1 is 1.16 bits per heavy atom. The minimum Gasteiger partial charge on any atom is -0.408 e. The van der Waals surface area contributed by atoms with Crippen LogP contribution in [0.15, 0.2) is 27.2 Å². The number of fused-ring (bicyclic) bond motifs is 1. The van der Waals surface area contributed by atoms with Crippen LogP contribution in [-0.4, -0.2) is 20.5 Å². The Balaban J connectivity index is 1.67. The summed E-state index contributed by atoms with van der Waals surface area (Å²) in [6.45, 7) is 2.65. The molecule has 3 aromatic rings. The van der Waals surface area contributed by atoms with Gasteiger partial charge >= 0.3 is 6.01 Å². The Hall–Kier alpha value is -2.44.